The smallest absolute Gasteiger partial charge is 0.260 e. The van der Waals surface area contributed by atoms with Crippen LogP contribution in [0.1, 0.15) is 0 Å². The zero-order valence-corrected chi connectivity index (χ0v) is 13.4. The molecular formula is C17H10ClN3OS. The molecule has 2 aromatic heterocycles. The van der Waals surface area contributed by atoms with Gasteiger partial charge in [0.1, 0.15) is 0 Å². The second kappa shape index (κ2) is 5.61. The maximum atomic E-state index is 12.7. The Labute approximate surface area is 140 Å². The molecule has 0 saturated carbocycles. The monoisotopic (exact) mass is 339 g/mol. The number of para-hydroxylation sites is 1. The summed E-state index contributed by atoms with van der Waals surface area (Å²) in [4.78, 5) is 16.9. The SMILES string of the molecule is O=c1nc(-c2cnsc2)c2ccc(Cl)cc2n1-c1ccccc1. The van der Waals surface area contributed by atoms with Crippen LogP contribution in [0.25, 0.3) is 27.8 Å². The van der Waals surface area contributed by atoms with Gasteiger partial charge in [-0.3, -0.25) is 4.57 Å². The summed E-state index contributed by atoms with van der Waals surface area (Å²) in [6.07, 6.45) is 1.72. The van der Waals surface area contributed by atoms with Gasteiger partial charge in [-0.1, -0.05) is 29.8 Å². The highest BCUT2D eigenvalue weighted by Gasteiger charge is 2.14. The summed E-state index contributed by atoms with van der Waals surface area (Å²) in [6.45, 7) is 0. The van der Waals surface area contributed by atoms with Crippen LogP contribution in [0.4, 0.5) is 0 Å². The molecule has 0 bridgehead atoms. The first-order valence-corrected chi connectivity index (χ1v) is 8.13. The van der Waals surface area contributed by atoms with Gasteiger partial charge < -0.3 is 0 Å². The molecule has 4 rings (SSSR count). The third kappa shape index (κ3) is 2.44. The van der Waals surface area contributed by atoms with E-state index in [4.69, 9.17) is 11.6 Å². The predicted octanol–water partition coefficient (Wildman–Crippen LogP) is 4.16. The summed E-state index contributed by atoms with van der Waals surface area (Å²) in [7, 11) is 0. The van der Waals surface area contributed by atoms with E-state index in [2.05, 4.69) is 9.36 Å². The minimum atomic E-state index is -0.341. The number of aromatic nitrogens is 3. The Bertz CT molecular complexity index is 1040. The van der Waals surface area contributed by atoms with Gasteiger partial charge in [-0.25, -0.2) is 9.17 Å². The van der Waals surface area contributed by atoms with Crippen LogP contribution in [0.5, 0.6) is 0 Å². The van der Waals surface area contributed by atoms with Crippen LogP contribution < -0.4 is 5.69 Å². The number of hydrogen-bond acceptors (Lipinski definition) is 4. The highest BCUT2D eigenvalue weighted by molar-refractivity contribution is 7.03. The fraction of sp³-hybridized carbons (Fsp3) is 0. The van der Waals surface area contributed by atoms with E-state index < -0.39 is 0 Å². The van der Waals surface area contributed by atoms with Gasteiger partial charge in [0.15, 0.2) is 0 Å². The Balaban J connectivity index is 2.14. The second-order valence-electron chi connectivity index (χ2n) is 4.99. The van der Waals surface area contributed by atoms with Crippen LogP contribution in [0.2, 0.25) is 5.02 Å². The fourth-order valence-electron chi connectivity index (χ4n) is 2.57. The van der Waals surface area contributed by atoms with Crippen LogP contribution in [0.3, 0.4) is 0 Å². The summed E-state index contributed by atoms with van der Waals surface area (Å²) >= 11 is 7.49. The van der Waals surface area contributed by atoms with Crippen molar-refractivity contribution in [2.75, 3.05) is 0 Å². The van der Waals surface area contributed by atoms with Crippen molar-refractivity contribution in [2.45, 2.75) is 0 Å². The Morgan fingerprint density at radius 1 is 1.09 bits per heavy atom. The van der Waals surface area contributed by atoms with E-state index in [1.165, 1.54) is 11.5 Å². The summed E-state index contributed by atoms with van der Waals surface area (Å²) in [6, 6.07) is 14.9. The average Bonchev–Trinajstić information content (AvgIpc) is 3.09. The molecule has 4 nitrogen and oxygen atoms in total. The van der Waals surface area contributed by atoms with E-state index in [1.54, 1.807) is 22.9 Å². The molecule has 112 valence electrons. The molecule has 0 saturated heterocycles. The first kappa shape index (κ1) is 14.1. The van der Waals surface area contributed by atoms with Crippen LogP contribution in [-0.4, -0.2) is 13.9 Å². The van der Waals surface area contributed by atoms with E-state index >= 15 is 0 Å². The van der Waals surface area contributed by atoms with Crippen LogP contribution in [0.15, 0.2) is 64.9 Å². The molecular weight excluding hydrogens is 330 g/mol. The molecule has 0 fully saturated rings. The van der Waals surface area contributed by atoms with Crippen molar-refractivity contribution in [2.24, 2.45) is 0 Å². The third-order valence-electron chi connectivity index (χ3n) is 3.57. The summed E-state index contributed by atoms with van der Waals surface area (Å²) in [5.74, 6) is 0. The Morgan fingerprint density at radius 2 is 1.91 bits per heavy atom. The molecule has 0 atom stereocenters. The van der Waals surface area contributed by atoms with E-state index in [0.717, 1.165) is 22.2 Å². The van der Waals surface area contributed by atoms with Gasteiger partial charge in [-0.05, 0) is 41.9 Å². The molecule has 0 spiro atoms. The maximum absolute atomic E-state index is 12.7. The number of nitrogens with zero attached hydrogens (tertiary/aromatic N) is 3. The van der Waals surface area contributed by atoms with Crippen molar-refractivity contribution < 1.29 is 0 Å². The predicted molar refractivity (Wildman–Crippen MR) is 93.5 cm³/mol. The topological polar surface area (TPSA) is 47.8 Å². The van der Waals surface area contributed by atoms with Crippen LogP contribution in [-0.2, 0) is 0 Å². The van der Waals surface area contributed by atoms with Crippen molar-refractivity contribution in [1.29, 1.82) is 0 Å². The Morgan fingerprint density at radius 3 is 2.65 bits per heavy atom. The molecule has 0 unspecified atom stereocenters. The first-order valence-electron chi connectivity index (χ1n) is 6.91. The molecule has 0 aliphatic rings. The zero-order valence-electron chi connectivity index (χ0n) is 11.8. The highest BCUT2D eigenvalue weighted by atomic mass is 35.5. The molecule has 0 N–H and O–H groups in total. The average molecular weight is 340 g/mol. The largest absolute Gasteiger partial charge is 0.353 e. The normalized spacial score (nSPS) is 11.0. The summed E-state index contributed by atoms with van der Waals surface area (Å²) in [5.41, 5.74) is 2.60. The second-order valence-corrected chi connectivity index (χ2v) is 6.08. The van der Waals surface area contributed by atoms with E-state index in [1.807, 2.05) is 41.8 Å². The van der Waals surface area contributed by atoms with Gasteiger partial charge in [0.2, 0.25) is 0 Å². The van der Waals surface area contributed by atoms with Gasteiger partial charge in [0.05, 0.1) is 23.1 Å². The lowest BCUT2D eigenvalue weighted by Crippen LogP contribution is -2.22. The van der Waals surface area contributed by atoms with Gasteiger partial charge in [-0.15, -0.1) is 0 Å². The molecule has 0 aliphatic carbocycles. The van der Waals surface area contributed by atoms with Gasteiger partial charge in [-0.2, -0.15) is 4.98 Å². The van der Waals surface area contributed by atoms with Crippen molar-refractivity contribution in [3.8, 4) is 16.9 Å². The molecule has 4 aromatic rings. The lowest BCUT2D eigenvalue weighted by Gasteiger charge is -2.12. The van der Waals surface area contributed by atoms with Gasteiger partial charge in [0.25, 0.3) is 0 Å². The van der Waals surface area contributed by atoms with E-state index in [-0.39, 0.29) is 5.69 Å². The maximum Gasteiger partial charge on any atom is 0.353 e. The van der Waals surface area contributed by atoms with Crippen molar-refractivity contribution in [3.63, 3.8) is 0 Å². The summed E-state index contributed by atoms with van der Waals surface area (Å²) in [5, 5.41) is 3.31. The molecule has 0 radical (unpaired) electrons. The lowest BCUT2D eigenvalue weighted by atomic mass is 10.1. The third-order valence-corrected chi connectivity index (χ3v) is 4.40. The molecule has 2 aromatic carbocycles. The quantitative estimate of drug-likeness (QED) is 0.551. The lowest BCUT2D eigenvalue weighted by molar-refractivity contribution is 0.963. The van der Waals surface area contributed by atoms with E-state index in [9.17, 15) is 4.79 Å². The van der Waals surface area contributed by atoms with Gasteiger partial charge in [0, 0.05) is 21.4 Å². The van der Waals surface area contributed by atoms with Crippen LogP contribution >= 0.6 is 23.1 Å². The van der Waals surface area contributed by atoms with E-state index in [0.29, 0.717) is 10.7 Å². The molecule has 0 amide bonds. The molecule has 23 heavy (non-hydrogen) atoms. The Kier molecular flexibility index (Phi) is 3.44. The first-order chi connectivity index (χ1) is 11.2. The zero-order chi connectivity index (χ0) is 15.8. The van der Waals surface area contributed by atoms with Crippen molar-refractivity contribution >= 4 is 34.0 Å². The number of rotatable bonds is 2. The summed E-state index contributed by atoms with van der Waals surface area (Å²) < 4.78 is 5.67. The fourth-order valence-corrected chi connectivity index (χ4v) is 3.26. The Hall–Kier alpha value is -2.50. The molecule has 6 heteroatoms. The van der Waals surface area contributed by atoms with Gasteiger partial charge >= 0.3 is 5.69 Å². The minimum absolute atomic E-state index is 0.341. The van der Waals surface area contributed by atoms with Crippen molar-refractivity contribution in [3.05, 3.63) is 75.6 Å². The minimum Gasteiger partial charge on any atom is -0.260 e. The molecule has 2 heterocycles. The van der Waals surface area contributed by atoms with Crippen molar-refractivity contribution in [1.82, 2.24) is 13.9 Å². The number of halogens is 1. The highest BCUT2D eigenvalue weighted by Crippen LogP contribution is 2.29. The number of fused-ring (bicyclic) bond motifs is 1. The standard InChI is InChI=1S/C17H10ClN3OS/c18-12-6-7-14-15(8-12)21(13-4-2-1-3-5-13)17(22)20-16(14)11-9-19-23-10-11/h1-10H. The molecule has 0 aliphatic heterocycles. The number of hydrogen-bond donors (Lipinski definition) is 0. The van der Waals surface area contributed by atoms with Crippen LogP contribution in [0, 0.1) is 0 Å². The number of benzene rings is 2.